The first-order valence-electron chi connectivity index (χ1n) is 8.65. The fourth-order valence-corrected chi connectivity index (χ4v) is 3.75. The Morgan fingerprint density at radius 2 is 2.07 bits per heavy atom. The SMILES string of the molecule is COc1cc(C2=CC(O)CC2)nc(-c2nc(-c3nccs3)cc(N)c2C#N)c1. The lowest BCUT2D eigenvalue weighted by molar-refractivity contribution is 0.223. The van der Waals surface area contributed by atoms with Gasteiger partial charge in [-0.3, -0.25) is 0 Å². The third-order valence-electron chi connectivity index (χ3n) is 4.52. The van der Waals surface area contributed by atoms with Crippen LogP contribution in [-0.4, -0.2) is 33.3 Å². The van der Waals surface area contributed by atoms with Gasteiger partial charge in [-0.2, -0.15) is 5.26 Å². The first kappa shape index (κ1) is 18.1. The van der Waals surface area contributed by atoms with Crippen molar-refractivity contribution >= 4 is 22.6 Å². The highest BCUT2D eigenvalue weighted by atomic mass is 32.1. The summed E-state index contributed by atoms with van der Waals surface area (Å²) < 4.78 is 5.43. The molecule has 140 valence electrons. The highest BCUT2D eigenvalue weighted by Crippen LogP contribution is 2.34. The lowest BCUT2D eigenvalue weighted by atomic mass is 10.1. The molecule has 0 saturated heterocycles. The summed E-state index contributed by atoms with van der Waals surface area (Å²) in [4.78, 5) is 13.6. The fourth-order valence-electron chi connectivity index (χ4n) is 3.15. The van der Waals surface area contributed by atoms with Crippen molar-refractivity contribution in [2.24, 2.45) is 0 Å². The molecule has 3 N–H and O–H groups in total. The Kier molecular flexibility index (Phi) is 4.77. The van der Waals surface area contributed by atoms with Gasteiger partial charge in [0, 0.05) is 23.7 Å². The smallest absolute Gasteiger partial charge is 0.141 e. The van der Waals surface area contributed by atoms with Crippen LogP contribution in [-0.2, 0) is 0 Å². The molecule has 0 radical (unpaired) electrons. The number of aliphatic hydroxyl groups excluding tert-OH is 1. The average molecular weight is 391 g/mol. The van der Waals surface area contributed by atoms with E-state index in [1.807, 2.05) is 11.4 Å². The minimum absolute atomic E-state index is 0.257. The van der Waals surface area contributed by atoms with Crippen LogP contribution in [0.25, 0.3) is 27.7 Å². The maximum absolute atomic E-state index is 9.82. The van der Waals surface area contributed by atoms with Crippen molar-refractivity contribution < 1.29 is 9.84 Å². The van der Waals surface area contributed by atoms with E-state index in [1.165, 1.54) is 11.3 Å². The summed E-state index contributed by atoms with van der Waals surface area (Å²) >= 11 is 1.44. The molecule has 1 atom stereocenters. The van der Waals surface area contributed by atoms with Crippen molar-refractivity contribution in [1.82, 2.24) is 15.0 Å². The Hall–Kier alpha value is -3.28. The number of nitriles is 1. The van der Waals surface area contributed by atoms with Crippen LogP contribution >= 0.6 is 11.3 Å². The summed E-state index contributed by atoms with van der Waals surface area (Å²) in [5.41, 5.74) is 9.79. The minimum atomic E-state index is -0.469. The number of rotatable bonds is 4. The first-order valence-corrected chi connectivity index (χ1v) is 9.53. The molecule has 7 nitrogen and oxygen atoms in total. The van der Waals surface area contributed by atoms with Crippen LogP contribution in [0, 0.1) is 11.3 Å². The number of thiazole rings is 1. The van der Waals surface area contributed by atoms with Gasteiger partial charge >= 0.3 is 0 Å². The second kappa shape index (κ2) is 7.38. The highest BCUT2D eigenvalue weighted by Gasteiger charge is 2.20. The van der Waals surface area contributed by atoms with Crippen LogP contribution in [0.4, 0.5) is 5.69 Å². The number of hydrogen-bond donors (Lipinski definition) is 2. The second-order valence-electron chi connectivity index (χ2n) is 6.34. The van der Waals surface area contributed by atoms with E-state index in [0.717, 1.165) is 12.0 Å². The van der Waals surface area contributed by atoms with Crippen LogP contribution in [0.5, 0.6) is 5.75 Å². The monoisotopic (exact) mass is 391 g/mol. The van der Waals surface area contributed by atoms with Crippen LogP contribution in [0.1, 0.15) is 24.1 Å². The molecule has 1 unspecified atom stereocenters. The van der Waals surface area contributed by atoms with E-state index in [-0.39, 0.29) is 5.56 Å². The van der Waals surface area contributed by atoms with Gasteiger partial charge < -0.3 is 15.6 Å². The molecule has 1 aliphatic rings. The summed E-state index contributed by atoms with van der Waals surface area (Å²) in [7, 11) is 1.57. The zero-order valence-corrected chi connectivity index (χ0v) is 15.9. The van der Waals surface area contributed by atoms with E-state index in [2.05, 4.69) is 16.0 Å². The molecule has 4 rings (SSSR count). The van der Waals surface area contributed by atoms with E-state index in [1.54, 1.807) is 31.5 Å². The molecule has 3 heterocycles. The van der Waals surface area contributed by atoms with Gasteiger partial charge in [0.1, 0.15) is 33.8 Å². The molecule has 0 amide bonds. The highest BCUT2D eigenvalue weighted by molar-refractivity contribution is 7.13. The zero-order valence-electron chi connectivity index (χ0n) is 15.1. The van der Waals surface area contributed by atoms with Crippen molar-refractivity contribution in [3.63, 3.8) is 0 Å². The number of methoxy groups -OCH3 is 1. The van der Waals surface area contributed by atoms with Crippen LogP contribution in [0.15, 0.2) is 35.9 Å². The molecular formula is C20H17N5O2S. The molecule has 3 aromatic rings. The normalized spacial score (nSPS) is 15.9. The van der Waals surface area contributed by atoms with Gasteiger partial charge in [0.05, 0.1) is 30.3 Å². The number of ether oxygens (including phenoxy) is 1. The van der Waals surface area contributed by atoms with E-state index in [0.29, 0.717) is 45.6 Å². The molecular weight excluding hydrogens is 374 g/mol. The summed E-state index contributed by atoms with van der Waals surface area (Å²) in [5, 5.41) is 22.0. The van der Waals surface area contributed by atoms with Crippen molar-refractivity contribution in [3.05, 3.63) is 47.1 Å². The number of aliphatic hydroxyl groups is 1. The predicted molar refractivity (Wildman–Crippen MR) is 107 cm³/mol. The van der Waals surface area contributed by atoms with Gasteiger partial charge in [0.25, 0.3) is 0 Å². The maximum atomic E-state index is 9.82. The Morgan fingerprint density at radius 3 is 2.71 bits per heavy atom. The molecule has 0 aromatic carbocycles. The quantitative estimate of drug-likeness (QED) is 0.701. The van der Waals surface area contributed by atoms with Gasteiger partial charge in [0.2, 0.25) is 0 Å². The van der Waals surface area contributed by atoms with Crippen molar-refractivity contribution in [2.75, 3.05) is 12.8 Å². The van der Waals surface area contributed by atoms with Crippen LogP contribution in [0.3, 0.4) is 0 Å². The Bertz CT molecular complexity index is 1100. The molecule has 0 aliphatic heterocycles. The number of hydrogen-bond acceptors (Lipinski definition) is 8. The summed E-state index contributed by atoms with van der Waals surface area (Å²) in [5.74, 6) is 0.589. The van der Waals surface area contributed by atoms with Gasteiger partial charge in [0.15, 0.2) is 0 Å². The Morgan fingerprint density at radius 1 is 1.25 bits per heavy atom. The van der Waals surface area contributed by atoms with Gasteiger partial charge in [-0.15, -0.1) is 11.3 Å². The largest absolute Gasteiger partial charge is 0.497 e. The van der Waals surface area contributed by atoms with Gasteiger partial charge in [-0.25, -0.2) is 15.0 Å². The summed E-state index contributed by atoms with van der Waals surface area (Å²) in [6.07, 6.45) is 4.40. The van der Waals surface area contributed by atoms with E-state index in [4.69, 9.17) is 15.5 Å². The molecule has 0 fully saturated rings. The van der Waals surface area contributed by atoms with Crippen LogP contribution in [0.2, 0.25) is 0 Å². The summed E-state index contributed by atoms with van der Waals surface area (Å²) in [6.45, 7) is 0. The second-order valence-corrected chi connectivity index (χ2v) is 7.24. The van der Waals surface area contributed by atoms with Crippen molar-refractivity contribution in [3.8, 4) is 33.9 Å². The Balaban J connectivity index is 1.91. The van der Waals surface area contributed by atoms with Gasteiger partial charge in [-0.1, -0.05) is 6.08 Å². The number of nitrogen functional groups attached to an aromatic ring is 1. The number of pyridine rings is 2. The fraction of sp³-hybridized carbons (Fsp3) is 0.200. The van der Waals surface area contributed by atoms with Crippen LogP contribution < -0.4 is 10.5 Å². The number of nitrogens with two attached hydrogens (primary N) is 1. The zero-order chi connectivity index (χ0) is 19.7. The Labute approximate surface area is 165 Å². The standard InChI is InChI=1S/C20H17N5O2S/c1-27-13-7-16(11-2-3-12(26)6-11)24-17(8-13)19-14(10-21)15(22)9-18(25-19)20-23-4-5-28-20/h4-9,12,26H,2-3H2,1H3,(H2,22,25). The first-order chi connectivity index (χ1) is 13.6. The number of nitrogens with zero attached hydrogens (tertiary/aromatic N) is 4. The molecule has 8 heteroatoms. The van der Waals surface area contributed by atoms with E-state index < -0.39 is 6.10 Å². The van der Waals surface area contributed by atoms with Gasteiger partial charge in [-0.05, 0) is 24.5 Å². The number of aromatic nitrogens is 3. The number of anilines is 1. The third-order valence-corrected chi connectivity index (χ3v) is 5.32. The molecule has 1 aliphatic carbocycles. The van der Waals surface area contributed by atoms with Crippen molar-refractivity contribution in [1.29, 1.82) is 5.26 Å². The molecule has 0 saturated carbocycles. The van der Waals surface area contributed by atoms with E-state index >= 15 is 0 Å². The maximum Gasteiger partial charge on any atom is 0.141 e. The predicted octanol–water partition coefficient (Wildman–Crippen LogP) is 3.27. The molecule has 3 aromatic heterocycles. The molecule has 0 spiro atoms. The summed E-state index contributed by atoms with van der Waals surface area (Å²) in [6, 6.07) is 7.32. The van der Waals surface area contributed by atoms with Crippen molar-refractivity contribution in [2.45, 2.75) is 18.9 Å². The third kappa shape index (κ3) is 3.33. The minimum Gasteiger partial charge on any atom is -0.497 e. The lowest BCUT2D eigenvalue weighted by Crippen LogP contribution is -2.02. The lowest BCUT2D eigenvalue weighted by Gasteiger charge is -2.12. The topological polar surface area (TPSA) is 118 Å². The molecule has 0 bridgehead atoms. The average Bonchev–Trinajstić information content (AvgIpc) is 3.39. The molecule has 28 heavy (non-hydrogen) atoms. The van der Waals surface area contributed by atoms with E-state index in [9.17, 15) is 10.4 Å². The number of allylic oxidation sites excluding steroid dienone is 1.